The lowest BCUT2D eigenvalue weighted by atomic mass is 9.98. The van der Waals surface area contributed by atoms with Crippen molar-refractivity contribution in [3.05, 3.63) is 94.4 Å². The van der Waals surface area contributed by atoms with Crippen molar-refractivity contribution >= 4 is 17.4 Å². The third-order valence-corrected chi connectivity index (χ3v) is 5.22. The molecule has 0 aliphatic carbocycles. The van der Waals surface area contributed by atoms with Crippen LogP contribution in [0.15, 0.2) is 82.6 Å². The van der Waals surface area contributed by atoms with E-state index >= 15 is 0 Å². The van der Waals surface area contributed by atoms with Crippen LogP contribution in [-0.2, 0) is 11.2 Å². The van der Waals surface area contributed by atoms with Gasteiger partial charge in [-0.3, -0.25) is 25.1 Å². The number of aromatic amines is 1. The van der Waals surface area contributed by atoms with Crippen molar-refractivity contribution in [2.45, 2.75) is 20.3 Å². The number of aliphatic imine (C=N–C) groups is 1. The van der Waals surface area contributed by atoms with Gasteiger partial charge in [0.2, 0.25) is 0 Å². The highest BCUT2D eigenvalue weighted by Crippen LogP contribution is 2.23. The highest BCUT2D eigenvalue weighted by Gasteiger charge is 2.39. The number of nitrogens with one attached hydrogen (secondary N) is 2. The lowest BCUT2D eigenvalue weighted by molar-refractivity contribution is -0.119. The number of anilines is 1. The molecule has 2 N–H and O–H groups in total. The van der Waals surface area contributed by atoms with Gasteiger partial charge < -0.3 is 0 Å². The second kappa shape index (κ2) is 8.47. The predicted molar refractivity (Wildman–Crippen MR) is 123 cm³/mol. The fourth-order valence-corrected chi connectivity index (χ4v) is 3.62. The Kier molecular flexibility index (Phi) is 5.58. The van der Waals surface area contributed by atoms with E-state index in [-0.39, 0.29) is 17.9 Å². The van der Waals surface area contributed by atoms with Crippen LogP contribution in [-0.4, -0.2) is 28.1 Å². The van der Waals surface area contributed by atoms with Gasteiger partial charge in [-0.2, -0.15) is 0 Å². The van der Waals surface area contributed by atoms with Gasteiger partial charge in [0.25, 0.3) is 11.5 Å². The maximum atomic E-state index is 13.3. The lowest BCUT2D eigenvalue weighted by Gasteiger charge is -2.15. The zero-order chi connectivity index (χ0) is 22.0. The number of hydrogen-bond donors (Lipinski definition) is 2. The topological polar surface area (TPSA) is 82.5 Å². The minimum Gasteiger partial charge on any atom is -0.295 e. The first-order valence-corrected chi connectivity index (χ1v) is 10.2. The number of aromatic nitrogens is 2. The quantitative estimate of drug-likeness (QED) is 0.607. The van der Waals surface area contributed by atoms with Crippen molar-refractivity contribution < 1.29 is 4.79 Å². The van der Waals surface area contributed by atoms with Crippen LogP contribution in [0.25, 0.3) is 5.69 Å². The van der Waals surface area contributed by atoms with E-state index in [0.717, 1.165) is 22.6 Å². The van der Waals surface area contributed by atoms with E-state index in [1.165, 1.54) is 9.69 Å². The number of rotatable bonds is 6. The number of aryl methyl sites for hydroxylation is 1. The molecule has 31 heavy (non-hydrogen) atoms. The molecule has 1 atom stereocenters. The van der Waals surface area contributed by atoms with Crippen LogP contribution in [0.4, 0.5) is 5.69 Å². The molecule has 4 rings (SSSR count). The van der Waals surface area contributed by atoms with E-state index in [1.54, 1.807) is 0 Å². The molecule has 0 bridgehead atoms. The molecule has 3 aromatic rings. The Balaban J connectivity index is 1.69. The van der Waals surface area contributed by atoms with Crippen LogP contribution in [0.5, 0.6) is 0 Å². The maximum Gasteiger partial charge on any atom is 0.274 e. The SMILES string of the molecule is C=C(C)CN=C1NN(c2ccccc2)C(=O)C1Cc1c(C)[nH]n(-c2ccccc2)c1=O. The number of amides is 1. The molecule has 2 aromatic carbocycles. The number of carbonyl (C=O) groups excluding carboxylic acids is 1. The second-order valence-corrected chi connectivity index (χ2v) is 7.73. The van der Waals surface area contributed by atoms with Crippen molar-refractivity contribution in [3.63, 3.8) is 0 Å². The summed E-state index contributed by atoms with van der Waals surface area (Å²) in [7, 11) is 0. The van der Waals surface area contributed by atoms with Gasteiger partial charge >= 0.3 is 0 Å². The zero-order valence-electron chi connectivity index (χ0n) is 17.6. The summed E-state index contributed by atoms with van der Waals surface area (Å²) in [5.41, 5.74) is 6.65. The number of nitrogens with zero attached hydrogens (tertiary/aromatic N) is 3. The molecule has 1 amide bonds. The summed E-state index contributed by atoms with van der Waals surface area (Å²) in [5, 5.41) is 4.63. The first kappa shape index (κ1) is 20.4. The van der Waals surface area contributed by atoms with Crippen LogP contribution in [0.1, 0.15) is 18.2 Å². The summed E-state index contributed by atoms with van der Waals surface area (Å²) in [6, 6.07) is 18.7. The Bertz CT molecular complexity index is 1190. The molecule has 1 aliphatic heterocycles. The van der Waals surface area contributed by atoms with E-state index in [9.17, 15) is 9.59 Å². The summed E-state index contributed by atoms with van der Waals surface area (Å²) in [5.74, 6) is -0.174. The fraction of sp³-hybridized carbons (Fsp3) is 0.208. The molecule has 158 valence electrons. The normalized spacial score (nSPS) is 17.2. The molecular formula is C24H25N5O2. The van der Waals surface area contributed by atoms with E-state index in [0.29, 0.717) is 17.9 Å². The smallest absolute Gasteiger partial charge is 0.274 e. The van der Waals surface area contributed by atoms with E-state index in [4.69, 9.17) is 0 Å². The van der Waals surface area contributed by atoms with Gasteiger partial charge in [0, 0.05) is 11.3 Å². The van der Waals surface area contributed by atoms with Crippen LogP contribution >= 0.6 is 0 Å². The Morgan fingerprint density at radius 2 is 1.65 bits per heavy atom. The Morgan fingerprint density at radius 3 is 2.26 bits per heavy atom. The molecule has 0 radical (unpaired) electrons. The van der Waals surface area contributed by atoms with Crippen LogP contribution < -0.4 is 16.0 Å². The van der Waals surface area contributed by atoms with E-state index in [1.807, 2.05) is 74.5 Å². The number of H-pyrrole nitrogens is 1. The summed E-state index contributed by atoms with van der Waals surface area (Å²) in [6.07, 6.45) is 0.255. The number of para-hydroxylation sites is 2. The number of carbonyl (C=O) groups is 1. The zero-order valence-corrected chi connectivity index (χ0v) is 17.6. The van der Waals surface area contributed by atoms with Crippen molar-refractivity contribution in [3.8, 4) is 5.69 Å². The van der Waals surface area contributed by atoms with Crippen molar-refractivity contribution in [2.75, 3.05) is 11.6 Å². The minimum atomic E-state index is -0.578. The predicted octanol–water partition coefficient (Wildman–Crippen LogP) is 3.16. The van der Waals surface area contributed by atoms with E-state index in [2.05, 4.69) is 22.1 Å². The summed E-state index contributed by atoms with van der Waals surface area (Å²) >= 11 is 0. The van der Waals surface area contributed by atoms with Gasteiger partial charge in [-0.05, 0) is 44.5 Å². The highest BCUT2D eigenvalue weighted by atomic mass is 16.2. The van der Waals surface area contributed by atoms with Gasteiger partial charge in [-0.15, -0.1) is 0 Å². The minimum absolute atomic E-state index is 0.141. The second-order valence-electron chi connectivity index (χ2n) is 7.73. The third kappa shape index (κ3) is 4.07. The largest absolute Gasteiger partial charge is 0.295 e. The molecule has 0 saturated carbocycles. The summed E-state index contributed by atoms with van der Waals surface area (Å²) in [4.78, 5) is 31.0. The molecule has 2 heterocycles. The Morgan fingerprint density at radius 1 is 1.03 bits per heavy atom. The molecule has 0 spiro atoms. The summed E-state index contributed by atoms with van der Waals surface area (Å²) in [6.45, 7) is 8.04. The number of amidine groups is 1. The lowest BCUT2D eigenvalue weighted by Crippen LogP contribution is -2.35. The van der Waals surface area contributed by atoms with E-state index < -0.39 is 5.92 Å². The fourth-order valence-electron chi connectivity index (χ4n) is 3.62. The molecular weight excluding hydrogens is 390 g/mol. The average Bonchev–Trinajstić information content (AvgIpc) is 3.24. The van der Waals surface area contributed by atoms with Crippen LogP contribution in [0, 0.1) is 12.8 Å². The first-order chi connectivity index (χ1) is 15.0. The number of hydrogen-bond acceptors (Lipinski definition) is 3. The van der Waals surface area contributed by atoms with Gasteiger partial charge in [0.1, 0.15) is 11.8 Å². The molecule has 1 fully saturated rings. The van der Waals surface area contributed by atoms with Gasteiger partial charge in [-0.1, -0.05) is 48.6 Å². The summed E-state index contributed by atoms with van der Waals surface area (Å²) < 4.78 is 1.51. The van der Waals surface area contributed by atoms with Gasteiger partial charge in [-0.25, -0.2) is 9.69 Å². The monoisotopic (exact) mass is 415 g/mol. The first-order valence-electron chi connectivity index (χ1n) is 10.2. The number of benzene rings is 2. The van der Waals surface area contributed by atoms with Crippen LogP contribution in [0.2, 0.25) is 0 Å². The molecule has 1 unspecified atom stereocenters. The molecule has 7 heteroatoms. The maximum absolute atomic E-state index is 13.3. The standard InChI is InChI=1S/C24H25N5O2/c1-16(2)15-25-22-21(24(31)29(27-22)19-12-8-5-9-13-19)14-20-17(3)26-28(23(20)30)18-10-6-4-7-11-18/h4-13,21,26H,1,14-15H2,2-3H3,(H,25,27). The average molecular weight is 415 g/mol. The highest BCUT2D eigenvalue weighted by molar-refractivity contribution is 6.16. The Labute approximate surface area is 180 Å². The van der Waals surface area contributed by atoms with Crippen LogP contribution in [0.3, 0.4) is 0 Å². The Hall–Kier alpha value is -3.87. The van der Waals surface area contributed by atoms with Gasteiger partial charge in [0.15, 0.2) is 0 Å². The molecule has 1 saturated heterocycles. The molecule has 7 nitrogen and oxygen atoms in total. The van der Waals surface area contributed by atoms with Crippen molar-refractivity contribution in [1.29, 1.82) is 0 Å². The van der Waals surface area contributed by atoms with Crippen molar-refractivity contribution in [1.82, 2.24) is 15.2 Å². The third-order valence-electron chi connectivity index (χ3n) is 5.22. The molecule has 1 aromatic heterocycles. The van der Waals surface area contributed by atoms with Crippen molar-refractivity contribution in [2.24, 2.45) is 10.9 Å². The van der Waals surface area contributed by atoms with Gasteiger partial charge in [0.05, 0.1) is 17.9 Å². The molecule has 1 aliphatic rings. The number of hydrazine groups is 1.